The summed E-state index contributed by atoms with van der Waals surface area (Å²) < 4.78 is 0. The van der Waals surface area contributed by atoms with Gasteiger partial charge in [0.05, 0.1) is 0 Å². The first-order valence-electron chi connectivity index (χ1n) is 7.14. The molecular formula is C17H38S. The lowest BCUT2D eigenvalue weighted by molar-refractivity contribution is -0.106. The van der Waals surface area contributed by atoms with Crippen LogP contribution in [0.25, 0.3) is 0 Å². The Morgan fingerprint density at radius 1 is 0.611 bits per heavy atom. The first-order chi connectivity index (χ1) is 7.69. The fraction of sp³-hybridized carbons (Fsp3) is 1.00. The minimum Gasteiger partial charge on any atom is -0.183 e. The third-order valence-corrected chi connectivity index (χ3v) is 6.49. The molecular weight excluding hydrogens is 236 g/mol. The SMILES string of the molecule is CC(C)C(C)(C)C(C)(C)C(C)(C)C(C)(C)C.CS. The fourth-order valence-corrected chi connectivity index (χ4v) is 2.46. The van der Waals surface area contributed by atoms with Crippen molar-refractivity contribution in [3.8, 4) is 0 Å². The van der Waals surface area contributed by atoms with E-state index in [9.17, 15) is 0 Å². The van der Waals surface area contributed by atoms with Gasteiger partial charge in [0.1, 0.15) is 0 Å². The predicted molar refractivity (Wildman–Crippen MR) is 90.5 cm³/mol. The molecule has 0 aromatic heterocycles. The van der Waals surface area contributed by atoms with Crippen LogP contribution in [0.15, 0.2) is 0 Å². The lowest BCUT2D eigenvalue weighted by Crippen LogP contribution is -2.52. The van der Waals surface area contributed by atoms with Crippen LogP contribution in [0, 0.1) is 27.6 Å². The molecule has 112 valence electrons. The molecule has 0 bridgehead atoms. The Bertz CT molecular complexity index is 239. The van der Waals surface area contributed by atoms with Gasteiger partial charge in [0, 0.05) is 0 Å². The van der Waals surface area contributed by atoms with Gasteiger partial charge >= 0.3 is 0 Å². The molecule has 0 amide bonds. The van der Waals surface area contributed by atoms with Crippen LogP contribution in [0.4, 0.5) is 0 Å². The Labute approximate surface area is 123 Å². The molecule has 0 aliphatic heterocycles. The molecule has 0 N–H and O–H groups in total. The molecule has 18 heavy (non-hydrogen) atoms. The second kappa shape index (κ2) is 6.20. The summed E-state index contributed by atoms with van der Waals surface area (Å²) in [5.74, 6) is 0.698. The van der Waals surface area contributed by atoms with Crippen molar-refractivity contribution in [2.24, 2.45) is 27.6 Å². The Kier molecular flexibility index (Phi) is 7.12. The van der Waals surface area contributed by atoms with Crippen LogP contribution in [0.5, 0.6) is 0 Å². The van der Waals surface area contributed by atoms with Crippen molar-refractivity contribution < 1.29 is 0 Å². The Morgan fingerprint density at radius 3 is 1.06 bits per heavy atom. The summed E-state index contributed by atoms with van der Waals surface area (Å²) in [7, 11) is 0. The first kappa shape index (κ1) is 20.7. The molecule has 0 unspecified atom stereocenters. The average molecular weight is 275 g/mol. The Balaban J connectivity index is 0. The molecule has 0 aromatic rings. The van der Waals surface area contributed by atoms with Crippen molar-refractivity contribution in [1.82, 2.24) is 0 Å². The van der Waals surface area contributed by atoms with Gasteiger partial charge < -0.3 is 0 Å². The van der Waals surface area contributed by atoms with E-state index in [0.717, 1.165) is 0 Å². The second-order valence-electron chi connectivity index (χ2n) is 8.38. The summed E-state index contributed by atoms with van der Waals surface area (Å²) in [5.41, 5.74) is 1.26. The normalized spacial score (nSPS) is 14.3. The molecule has 0 fully saturated rings. The minimum atomic E-state index is 0.298. The molecule has 0 atom stereocenters. The number of hydrogen-bond donors (Lipinski definition) is 1. The quantitative estimate of drug-likeness (QED) is 0.572. The predicted octanol–water partition coefficient (Wildman–Crippen LogP) is 6.31. The number of hydrogen-bond acceptors (Lipinski definition) is 1. The highest BCUT2D eigenvalue weighted by atomic mass is 32.1. The second-order valence-corrected chi connectivity index (χ2v) is 8.38. The van der Waals surface area contributed by atoms with Crippen molar-refractivity contribution in [3.05, 3.63) is 0 Å². The van der Waals surface area contributed by atoms with E-state index in [-0.39, 0.29) is 0 Å². The summed E-state index contributed by atoms with van der Waals surface area (Å²) in [5, 5.41) is 0. The van der Waals surface area contributed by atoms with Crippen LogP contribution < -0.4 is 0 Å². The number of rotatable bonds is 3. The van der Waals surface area contributed by atoms with E-state index in [1.807, 2.05) is 0 Å². The van der Waals surface area contributed by atoms with Crippen LogP contribution >= 0.6 is 12.6 Å². The third-order valence-electron chi connectivity index (χ3n) is 6.49. The highest BCUT2D eigenvalue weighted by Crippen LogP contribution is 2.60. The average Bonchev–Trinajstić information content (AvgIpc) is 2.18. The highest BCUT2D eigenvalue weighted by molar-refractivity contribution is 7.79. The lowest BCUT2D eigenvalue weighted by atomic mass is 9.46. The van der Waals surface area contributed by atoms with Crippen molar-refractivity contribution in [2.75, 3.05) is 6.26 Å². The van der Waals surface area contributed by atoms with E-state index in [1.54, 1.807) is 6.26 Å². The Morgan fingerprint density at radius 2 is 0.889 bits per heavy atom. The lowest BCUT2D eigenvalue weighted by Gasteiger charge is -2.59. The van der Waals surface area contributed by atoms with Crippen LogP contribution in [0.3, 0.4) is 0 Å². The van der Waals surface area contributed by atoms with Gasteiger partial charge in [-0.3, -0.25) is 0 Å². The van der Waals surface area contributed by atoms with E-state index in [2.05, 4.69) is 88.8 Å². The van der Waals surface area contributed by atoms with Gasteiger partial charge in [0.25, 0.3) is 0 Å². The molecule has 0 rings (SSSR count). The summed E-state index contributed by atoms with van der Waals surface area (Å²) in [6.45, 7) is 26.4. The van der Waals surface area contributed by atoms with Gasteiger partial charge in [-0.05, 0) is 33.8 Å². The number of thiol groups is 1. The van der Waals surface area contributed by atoms with Gasteiger partial charge in [-0.1, -0.05) is 76.2 Å². The van der Waals surface area contributed by atoms with Crippen LogP contribution in [-0.2, 0) is 0 Å². The van der Waals surface area contributed by atoms with Crippen molar-refractivity contribution >= 4 is 12.6 Å². The largest absolute Gasteiger partial charge is 0.183 e. The summed E-state index contributed by atoms with van der Waals surface area (Å²) in [6.07, 6.45) is 1.69. The smallest absolute Gasteiger partial charge is 0.0215 e. The van der Waals surface area contributed by atoms with Crippen molar-refractivity contribution in [1.29, 1.82) is 0 Å². The molecule has 0 saturated heterocycles. The van der Waals surface area contributed by atoms with Crippen LogP contribution in [0.2, 0.25) is 0 Å². The maximum absolute atomic E-state index is 3.53. The van der Waals surface area contributed by atoms with Crippen LogP contribution in [0.1, 0.15) is 76.2 Å². The van der Waals surface area contributed by atoms with Crippen LogP contribution in [-0.4, -0.2) is 6.26 Å². The summed E-state index contributed by atoms with van der Waals surface area (Å²) >= 11 is 3.53. The fourth-order valence-electron chi connectivity index (χ4n) is 2.46. The van der Waals surface area contributed by atoms with E-state index in [4.69, 9.17) is 0 Å². The molecule has 0 nitrogen and oxygen atoms in total. The minimum absolute atomic E-state index is 0.298. The molecule has 0 aromatic carbocycles. The third kappa shape index (κ3) is 3.46. The molecule has 0 radical (unpaired) electrons. The Hall–Kier alpha value is 0.350. The maximum Gasteiger partial charge on any atom is -0.0215 e. The van der Waals surface area contributed by atoms with E-state index >= 15 is 0 Å². The van der Waals surface area contributed by atoms with Gasteiger partial charge in [-0.2, -0.15) is 12.6 Å². The summed E-state index contributed by atoms with van der Waals surface area (Å²) in [4.78, 5) is 0. The van der Waals surface area contributed by atoms with Crippen molar-refractivity contribution in [2.45, 2.75) is 76.2 Å². The standard InChI is InChI=1S/C16H34.CH4S/c1-12(2)14(6,7)16(10,11)15(8,9)13(3,4)5;1-2/h12H,1-11H3;2H,1H3. The highest BCUT2D eigenvalue weighted by Gasteiger charge is 2.53. The van der Waals surface area contributed by atoms with Gasteiger partial charge in [0.15, 0.2) is 0 Å². The maximum atomic E-state index is 3.53. The zero-order chi connectivity index (χ0) is 15.6. The molecule has 0 aliphatic carbocycles. The van der Waals surface area contributed by atoms with E-state index in [0.29, 0.717) is 27.6 Å². The van der Waals surface area contributed by atoms with Gasteiger partial charge in [-0.25, -0.2) is 0 Å². The van der Waals surface area contributed by atoms with E-state index < -0.39 is 0 Å². The molecule has 0 spiro atoms. The molecule has 0 heterocycles. The molecule has 0 saturated carbocycles. The molecule has 1 heteroatoms. The zero-order valence-corrected chi connectivity index (χ0v) is 15.9. The monoisotopic (exact) mass is 274 g/mol. The van der Waals surface area contributed by atoms with Gasteiger partial charge in [0.2, 0.25) is 0 Å². The first-order valence-corrected chi connectivity index (χ1v) is 8.04. The zero-order valence-electron chi connectivity index (χ0n) is 15.0. The summed E-state index contributed by atoms with van der Waals surface area (Å²) in [6, 6.07) is 0. The topological polar surface area (TPSA) is 0 Å². The van der Waals surface area contributed by atoms with Crippen molar-refractivity contribution in [3.63, 3.8) is 0 Å². The van der Waals surface area contributed by atoms with E-state index in [1.165, 1.54) is 0 Å². The molecule has 0 aliphatic rings. The van der Waals surface area contributed by atoms with Gasteiger partial charge in [-0.15, -0.1) is 0 Å².